The second-order valence-corrected chi connectivity index (χ2v) is 8.67. The van der Waals surface area contributed by atoms with Crippen molar-refractivity contribution in [2.75, 3.05) is 20.2 Å². The second kappa shape index (κ2) is 11.2. The minimum Gasteiger partial charge on any atom is -0.493 e. The molecule has 0 bridgehead atoms. The highest BCUT2D eigenvalue weighted by molar-refractivity contribution is 7.45. The molecule has 0 unspecified atom stereocenters. The van der Waals surface area contributed by atoms with E-state index in [1.807, 2.05) is 6.07 Å². The van der Waals surface area contributed by atoms with Crippen molar-refractivity contribution in [3.8, 4) is 16.9 Å². The van der Waals surface area contributed by atoms with Crippen molar-refractivity contribution in [2.45, 2.75) is 13.0 Å². The molecule has 0 saturated carbocycles. The molecule has 168 valence electrons. The van der Waals surface area contributed by atoms with Crippen LogP contribution in [0.1, 0.15) is 16.7 Å². The summed E-state index contributed by atoms with van der Waals surface area (Å²) in [6.07, 6.45) is 5.46. The summed E-state index contributed by atoms with van der Waals surface area (Å²) in [6, 6.07) is 25.8. The molecule has 0 fully saturated rings. The molecule has 1 aliphatic heterocycles. The van der Waals surface area contributed by atoms with Crippen molar-refractivity contribution in [3.05, 3.63) is 95.6 Å². The van der Waals surface area contributed by atoms with Crippen LogP contribution in [0.2, 0.25) is 0 Å². The van der Waals surface area contributed by atoms with Crippen LogP contribution in [0.5, 0.6) is 5.75 Å². The minimum atomic E-state index is -4.64. The molecule has 1 aliphatic rings. The predicted molar refractivity (Wildman–Crippen MR) is 127 cm³/mol. The summed E-state index contributed by atoms with van der Waals surface area (Å²) in [5.41, 5.74) is 6.44. The van der Waals surface area contributed by atoms with Gasteiger partial charge in [0.05, 0.1) is 6.61 Å². The lowest BCUT2D eigenvalue weighted by atomic mass is 10.0. The molecule has 6 nitrogen and oxygen atoms in total. The molecule has 0 amide bonds. The molecule has 3 aromatic rings. The summed E-state index contributed by atoms with van der Waals surface area (Å²) < 4.78 is 14.5. The fourth-order valence-corrected chi connectivity index (χ4v) is 3.50. The fraction of sp³-hybridized carbons (Fsp3) is 0.200. The molecule has 7 heteroatoms. The van der Waals surface area contributed by atoms with E-state index in [1.165, 1.54) is 27.8 Å². The van der Waals surface area contributed by atoms with Gasteiger partial charge in [0.25, 0.3) is 0 Å². The van der Waals surface area contributed by atoms with Crippen LogP contribution < -0.4 is 4.74 Å². The summed E-state index contributed by atoms with van der Waals surface area (Å²) >= 11 is 0. The van der Waals surface area contributed by atoms with Gasteiger partial charge in [0.15, 0.2) is 0 Å². The quantitative estimate of drug-likeness (QED) is 0.476. The molecular formula is C25H28NO5P. The first-order valence-electron chi connectivity index (χ1n) is 10.3. The largest absolute Gasteiger partial charge is 0.493 e. The average molecular weight is 453 g/mol. The number of likely N-dealkylation sites (N-methyl/N-ethyl adjacent to an activating group) is 1. The molecule has 0 aliphatic carbocycles. The van der Waals surface area contributed by atoms with Crippen LogP contribution in [-0.2, 0) is 17.5 Å². The lowest BCUT2D eigenvalue weighted by molar-refractivity contribution is 0.275. The zero-order valence-electron chi connectivity index (χ0n) is 18.0. The maximum Gasteiger partial charge on any atom is 0.466 e. The maximum atomic E-state index is 8.88. The van der Waals surface area contributed by atoms with E-state index in [-0.39, 0.29) is 0 Å². The maximum absolute atomic E-state index is 8.88. The highest BCUT2D eigenvalue weighted by Crippen LogP contribution is 2.26. The predicted octanol–water partition coefficient (Wildman–Crippen LogP) is 4.51. The monoisotopic (exact) mass is 453 g/mol. The molecule has 0 radical (unpaired) electrons. The molecule has 0 atom stereocenters. The Kier molecular flexibility index (Phi) is 8.39. The minimum absolute atomic E-state index is 0.820. The Morgan fingerprint density at radius 3 is 2.31 bits per heavy atom. The third-order valence-electron chi connectivity index (χ3n) is 4.95. The van der Waals surface area contributed by atoms with Crippen LogP contribution in [0.15, 0.2) is 78.9 Å². The Hall–Kier alpha value is -2.73. The van der Waals surface area contributed by atoms with Gasteiger partial charge >= 0.3 is 7.82 Å². The lowest BCUT2D eigenvalue weighted by Gasteiger charge is -2.15. The topological polar surface area (TPSA) is 90.2 Å². The normalized spacial score (nSPS) is 12.9. The van der Waals surface area contributed by atoms with Crippen molar-refractivity contribution >= 4 is 13.9 Å². The van der Waals surface area contributed by atoms with Crippen LogP contribution in [0.3, 0.4) is 0 Å². The first-order chi connectivity index (χ1) is 15.3. The number of hydrogen-bond acceptors (Lipinski definition) is 3. The Balaban J connectivity index is 0.000000523. The Morgan fingerprint density at radius 1 is 0.969 bits per heavy atom. The second-order valence-electron chi connectivity index (χ2n) is 7.64. The van der Waals surface area contributed by atoms with Gasteiger partial charge in [0.1, 0.15) is 5.75 Å². The van der Waals surface area contributed by atoms with Crippen LogP contribution in [0.25, 0.3) is 17.2 Å². The van der Waals surface area contributed by atoms with Crippen molar-refractivity contribution in [1.29, 1.82) is 0 Å². The van der Waals surface area contributed by atoms with Gasteiger partial charge in [0.2, 0.25) is 0 Å². The Bertz CT molecular complexity index is 1070. The van der Waals surface area contributed by atoms with E-state index in [0.717, 1.165) is 31.9 Å². The molecule has 4 rings (SSSR count). The van der Waals surface area contributed by atoms with Crippen molar-refractivity contribution in [1.82, 2.24) is 4.90 Å². The van der Waals surface area contributed by atoms with Gasteiger partial charge in [-0.25, -0.2) is 4.57 Å². The van der Waals surface area contributed by atoms with E-state index in [1.54, 1.807) is 0 Å². The molecule has 1 heterocycles. The Morgan fingerprint density at radius 2 is 1.62 bits per heavy atom. The van der Waals surface area contributed by atoms with Crippen LogP contribution in [0, 0.1) is 0 Å². The molecule has 0 aromatic heterocycles. The first kappa shape index (κ1) is 23.9. The smallest absolute Gasteiger partial charge is 0.466 e. The van der Waals surface area contributed by atoms with Gasteiger partial charge in [-0.1, -0.05) is 78.9 Å². The van der Waals surface area contributed by atoms with Crippen molar-refractivity contribution in [3.63, 3.8) is 0 Å². The molecule has 0 saturated heterocycles. The van der Waals surface area contributed by atoms with Gasteiger partial charge in [-0.15, -0.1) is 0 Å². The number of hydrogen-bond donors (Lipinski definition) is 3. The van der Waals surface area contributed by atoms with Crippen LogP contribution >= 0.6 is 7.82 Å². The van der Waals surface area contributed by atoms with Gasteiger partial charge in [-0.05, 0) is 40.9 Å². The van der Waals surface area contributed by atoms with Crippen molar-refractivity contribution in [2.24, 2.45) is 0 Å². The van der Waals surface area contributed by atoms with E-state index in [2.05, 4.69) is 90.8 Å². The van der Waals surface area contributed by atoms with E-state index < -0.39 is 7.82 Å². The fourth-order valence-electron chi connectivity index (χ4n) is 3.50. The Labute approximate surface area is 188 Å². The van der Waals surface area contributed by atoms with Crippen LogP contribution in [0.4, 0.5) is 0 Å². The first-order valence-corrected chi connectivity index (χ1v) is 11.9. The van der Waals surface area contributed by atoms with E-state index in [4.69, 9.17) is 24.0 Å². The molecular weight excluding hydrogens is 425 g/mol. The standard InChI is InChI=1S/C25H25NO.H3O4P/c1-26(19-21-11-14-25-24(18-21)15-17-27-25)16-5-6-20-9-12-23(13-10-20)22-7-3-2-4-8-22;1-5(2,3)4/h2-14,18H,15-17,19H2,1H3;(H3,1,2,3,4)/b6-5+;. The zero-order valence-corrected chi connectivity index (χ0v) is 18.9. The van der Waals surface area contributed by atoms with Gasteiger partial charge in [-0.3, -0.25) is 4.90 Å². The number of rotatable bonds is 6. The average Bonchev–Trinajstić information content (AvgIpc) is 3.22. The van der Waals surface area contributed by atoms with Gasteiger partial charge in [0, 0.05) is 19.5 Å². The van der Waals surface area contributed by atoms with Gasteiger partial charge < -0.3 is 19.4 Å². The molecule has 3 aromatic carbocycles. The lowest BCUT2D eigenvalue weighted by Crippen LogP contribution is -2.17. The summed E-state index contributed by atoms with van der Waals surface area (Å²) in [4.78, 5) is 23.9. The number of nitrogens with zero attached hydrogens (tertiary/aromatic N) is 1. The number of benzene rings is 3. The van der Waals surface area contributed by atoms with Crippen molar-refractivity contribution < 1.29 is 24.0 Å². The third-order valence-corrected chi connectivity index (χ3v) is 4.95. The summed E-state index contributed by atoms with van der Waals surface area (Å²) in [6.45, 7) is 2.69. The summed E-state index contributed by atoms with van der Waals surface area (Å²) in [5.74, 6) is 1.06. The molecule has 3 N–H and O–H groups in total. The molecule has 32 heavy (non-hydrogen) atoms. The summed E-state index contributed by atoms with van der Waals surface area (Å²) in [7, 11) is -2.48. The van der Waals surface area contributed by atoms with E-state index >= 15 is 0 Å². The van der Waals surface area contributed by atoms with E-state index in [0.29, 0.717) is 0 Å². The zero-order chi connectivity index (χ0) is 23.0. The number of phosphoric acid groups is 1. The van der Waals surface area contributed by atoms with Gasteiger partial charge in [-0.2, -0.15) is 0 Å². The van der Waals surface area contributed by atoms with Crippen LogP contribution in [-0.4, -0.2) is 39.8 Å². The highest BCUT2D eigenvalue weighted by Gasteiger charge is 2.12. The van der Waals surface area contributed by atoms with E-state index in [9.17, 15) is 0 Å². The third kappa shape index (κ3) is 8.08. The summed E-state index contributed by atoms with van der Waals surface area (Å²) in [5, 5.41) is 0. The SMILES string of the molecule is CN(C/C=C/c1ccc(-c2ccccc2)cc1)Cc1ccc2c(c1)CCO2.O=P(O)(O)O. The number of fused-ring (bicyclic) bond motifs is 1. The molecule has 0 spiro atoms. The highest BCUT2D eigenvalue weighted by atomic mass is 31.2. The number of ether oxygens (including phenoxy) is 1.